The molecule has 0 radical (unpaired) electrons. The first-order valence-corrected chi connectivity index (χ1v) is 5.94. The molecule has 6 heteroatoms. The van der Waals surface area contributed by atoms with Crippen molar-refractivity contribution in [3.63, 3.8) is 0 Å². The molecule has 2 N–H and O–H groups in total. The summed E-state index contributed by atoms with van der Waals surface area (Å²) >= 11 is 0. The molecule has 1 aliphatic heterocycles. The van der Waals surface area contributed by atoms with Crippen LogP contribution in [0.2, 0.25) is 0 Å². The number of ether oxygens (including phenoxy) is 1. The van der Waals surface area contributed by atoms with Gasteiger partial charge >= 0.3 is 0 Å². The molecule has 2 heterocycles. The van der Waals surface area contributed by atoms with Crippen LogP contribution in [0.1, 0.15) is 13.0 Å². The Balaban J connectivity index is 2.20. The summed E-state index contributed by atoms with van der Waals surface area (Å²) in [5, 5.41) is 0. The van der Waals surface area contributed by atoms with Gasteiger partial charge in [-0.15, -0.1) is 0 Å². The van der Waals surface area contributed by atoms with Gasteiger partial charge < -0.3 is 19.9 Å². The van der Waals surface area contributed by atoms with Crippen LogP contribution in [0.4, 0.5) is 5.69 Å². The maximum atomic E-state index is 12.2. The smallest absolute Gasteiger partial charge is 0.274 e. The van der Waals surface area contributed by atoms with E-state index < -0.39 is 6.04 Å². The minimum Gasteiger partial charge on any atom is -0.394 e. The molecule has 0 saturated carbocycles. The topological polar surface area (TPSA) is 77.6 Å². The SMILES string of the molecule is CC(C(=O)N1CCOCC1)n1cccc(N)c1=O. The molecule has 0 aliphatic carbocycles. The fraction of sp³-hybridized carbons (Fsp3) is 0.500. The van der Waals surface area contributed by atoms with Crippen molar-refractivity contribution in [2.24, 2.45) is 0 Å². The standard InChI is InChI=1S/C12H17N3O3/c1-9(11(16)14-5-7-18-8-6-14)15-4-2-3-10(13)12(15)17/h2-4,9H,5-8,13H2,1H3. The summed E-state index contributed by atoms with van der Waals surface area (Å²) in [7, 11) is 0. The van der Waals surface area contributed by atoms with Crippen molar-refractivity contribution in [2.45, 2.75) is 13.0 Å². The van der Waals surface area contributed by atoms with E-state index in [0.29, 0.717) is 26.3 Å². The summed E-state index contributed by atoms with van der Waals surface area (Å²) in [5.41, 5.74) is 5.38. The molecule has 2 rings (SSSR count). The number of nitrogens with zero attached hydrogens (tertiary/aromatic N) is 2. The molecule has 1 fully saturated rings. The maximum Gasteiger partial charge on any atom is 0.274 e. The zero-order chi connectivity index (χ0) is 13.1. The summed E-state index contributed by atoms with van der Waals surface area (Å²) < 4.78 is 6.56. The van der Waals surface area contributed by atoms with Crippen LogP contribution in [-0.2, 0) is 9.53 Å². The highest BCUT2D eigenvalue weighted by Gasteiger charge is 2.24. The van der Waals surface area contributed by atoms with Gasteiger partial charge in [0.25, 0.3) is 5.56 Å². The summed E-state index contributed by atoms with van der Waals surface area (Å²) in [5.74, 6) is -0.0778. The van der Waals surface area contributed by atoms with Crippen LogP contribution < -0.4 is 11.3 Å². The van der Waals surface area contributed by atoms with E-state index in [9.17, 15) is 9.59 Å². The van der Waals surface area contributed by atoms with Crippen LogP contribution in [0.25, 0.3) is 0 Å². The Labute approximate surface area is 105 Å². The lowest BCUT2D eigenvalue weighted by atomic mass is 10.2. The number of aromatic nitrogens is 1. The van der Waals surface area contributed by atoms with Gasteiger partial charge in [-0.05, 0) is 19.1 Å². The lowest BCUT2D eigenvalue weighted by molar-refractivity contribution is -0.138. The number of anilines is 1. The highest BCUT2D eigenvalue weighted by molar-refractivity contribution is 5.80. The predicted molar refractivity (Wildman–Crippen MR) is 67.2 cm³/mol. The fourth-order valence-electron chi connectivity index (χ4n) is 2.00. The molecule has 0 aromatic carbocycles. The molecule has 0 spiro atoms. The molecule has 1 aromatic rings. The van der Waals surface area contributed by atoms with Crippen molar-refractivity contribution >= 4 is 11.6 Å². The van der Waals surface area contributed by atoms with E-state index in [1.165, 1.54) is 10.6 Å². The summed E-state index contributed by atoms with van der Waals surface area (Å²) in [6, 6.07) is 2.66. The Morgan fingerprint density at radius 2 is 2.11 bits per heavy atom. The van der Waals surface area contributed by atoms with Crippen molar-refractivity contribution < 1.29 is 9.53 Å². The van der Waals surface area contributed by atoms with Gasteiger partial charge in [-0.1, -0.05) is 0 Å². The number of hydrogen-bond donors (Lipinski definition) is 1. The molecule has 18 heavy (non-hydrogen) atoms. The average molecular weight is 251 g/mol. The van der Waals surface area contributed by atoms with Crippen molar-refractivity contribution in [1.29, 1.82) is 0 Å². The van der Waals surface area contributed by atoms with E-state index in [1.807, 2.05) is 0 Å². The number of carbonyl (C=O) groups is 1. The molecular formula is C12H17N3O3. The van der Waals surface area contributed by atoms with Gasteiger partial charge in [-0.25, -0.2) is 0 Å². The van der Waals surface area contributed by atoms with Crippen LogP contribution >= 0.6 is 0 Å². The molecule has 98 valence electrons. The van der Waals surface area contributed by atoms with Gasteiger partial charge in [0.2, 0.25) is 5.91 Å². The maximum absolute atomic E-state index is 12.2. The monoisotopic (exact) mass is 251 g/mol. The number of nitrogens with two attached hydrogens (primary N) is 1. The molecule has 1 amide bonds. The third-order valence-electron chi connectivity index (χ3n) is 3.10. The third kappa shape index (κ3) is 2.38. The minimum absolute atomic E-state index is 0.0778. The first kappa shape index (κ1) is 12.6. The van der Waals surface area contributed by atoms with Crippen molar-refractivity contribution in [1.82, 2.24) is 9.47 Å². The first-order valence-electron chi connectivity index (χ1n) is 5.94. The van der Waals surface area contributed by atoms with Gasteiger partial charge in [0.15, 0.2) is 0 Å². The van der Waals surface area contributed by atoms with Crippen LogP contribution in [0.3, 0.4) is 0 Å². The van der Waals surface area contributed by atoms with Gasteiger partial charge in [-0.2, -0.15) is 0 Å². The Morgan fingerprint density at radius 3 is 2.78 bits per heavy atom. The number of carbonyl (C=O) groups excluding carboxylic acids is 1. The highest BCUT2D eigenvalue weighted by atomic mass is 16.5. The largest absolute Gasteiger partial charge is 0.394 e. The molecule has 1 saturated heterocycles. The molecule has 1 aromatic heterocycles. The van der Waals surface area contributed by atoms with Crippen molar-refractivity contribution in [3.8, 4) is 0 Å². The Morgan fingerprint density at radius 1 is 1.44 bits per heavy atom. The van der Waals surface area contributed by atoms with E-state index in [1.54, 1.807) is 24.1 Å². The van der Waals surface area contributed by atoms with Crippen LogP contribution in [-0.4, -0.2) is 41.7 Å². The van der Waals surface area contributed by atoms with Crippen molar-refractivity contribution in [3.05, 3.63) is 28.7 Å². The van der Waals surface area contributed by atoms with E-state index in [2.05, 4.69) is 0 Å². The second kappa shape index (κ2) is 5.22. The third-order valence-corrected chi connectivity index (χ3v) is 3.10. The lowest BCUT2D eigenvalue weighted by Crippen LogP contribution is -2.45. The van der Waals surface area contributed by atoms with Gasteiger partial charge in [-0.3, -0.25) is 9.59 Å². The Bertz CT molecular complexity index is 492. The summed E-state index contributed by atoms with van der Waals surface area (Å²) in [6.45, 7) is 3.94. The number of rotatable bonds is 2. The summed E-state index contributed by atoms with van der Waals surface area (Å²) in [4.78, 5) is 25.8. The first-order chi connectivity index (χ1) is 8.61. The molecule has 0 bridgehead atoms. The summed E-state index contributed by atoms with van der Waals surface area (Å²) in [6.07, 6.45) is 1.59. The number of pyridine rings is 1. The fourth-order valence-corrected chi connectivity index (χ4v) is 2.00. The van der Waals surface area contributed by atoms with E-state index in [4.69, 9.17) is 10.5 Å². The Hall–Kier alpha value is -1.82. The van der Waals surface area contributed by atoms with E-state index in [-0.39, 0.29) is 17.2 Å². The Kier molecular flexibility index (Phi) is 3.66. The average Bonchev–Trinajstić information content (AvgIpc) is 2.41. The van der Waals surface area contributed by atoms with E-state index in [0.717, 1.165) is 0 Å². The lowest BCUT2D eigenvalue weighted by Gasteiger charge is -2.29. The number of amides is 1. The molecular weight excluding hydrogens is 234 g/mol. The molecule has 1 aliphatic rings. The van der Waals surface area contributed by atoms with Gasteiger partial charge in [0.05, 0.1) is 18.9 Å². The second-order valence-corrected chi connectivity index (χ2v) is 4.29. The quantitative estimate of drug-likeness (QED) is 0.793. The van der Waals surface area contributed by atoms with Crippen LogP contribution in [0.5, 0.6) is 0 Å². The number of hydrogen-bond acceptors (Lipinski definition) is 4. The predicted octanol–water partition coefficient (Wildman–Crippen LogP) is -0.150. The zero-order valence-corrected chi connectivity index (χ0v) is 10.3. The molecule has 1 atom stereocenters. The van der Waals surface area contributed by atoms with Crippen LogP contribution in [0.15, 0.2) is 23.1 Å². The number of nitrogen functional groups attached to an aromatic ring is 1. The van der Waals surface area contributed by atoms with E-state index >= 15 is 0 Å². The molecule has 6 nitrogen and oxygen atoms in total. The zero-order valence-electron chi connectivity index (χ0n) is 10.3. The van der Waals surface area contributed by atoms with Crippen molar-refractivity contribution in [2.75, 3.05) is 32.0 Å². The number of morpholine rings is 1. The second-order valence-electron chi connectivity index (χ2n) is 4.29. The van der Waals surface area contributed by atoms with Crippen LogP contribution in [0, 0.1) is 0 Å². The van der Waals surface area contributed by atoms with Gasteiger partial charge in [0.1, 0.15) is 6.04 Å². The normalized spacial score (nSPS) is 17.5. The van der Waals surface area contributed by atoms with Gasteiger partial charge in [0, 0.05) is 19.3 Å². The minimum atomic E-state index is -0.543. The molecule has 1 unspecified atom stereocenters. The highest BCUT2D eigenvalue weighted by Crippen LogP contribution is 2.10.